The molecular weight excluding hydrogens is 252 g/mol. The van der Waals surface area contributed by atoms with Crippen molar-refractivity contribution in [2.45, 2.75) is 44.0 Å². The molecule has 106 valence electrons. The summed E-state index contributed by atoms with van der Waals surface area (Å²) in [7, 11) is 0. The zero-order chi connectivity index (χ0) is 13.9. The quantitative estimate of drug-likeness (QED) is 0.918. The largest absolute Gasteiger partial charge is 0.329 e. The molecular formula is C16H26N2S. The van der Waals surface area contributed by atoms with E-state index < -0.39 is 0 Å². The Hall–Kier alpha value is -0.510. The SMILES string of the molecule is CC1SCCN(C(C)(CN)Cc2ccccc2)C1C. The van der Waals surface area contributed by atoms with E-state index in [-0.39, 0.29) is 5.54 Å². The van der Waals surface area contributed by atoms with Gasteiger partial charge >= 0.3 is 0 Å². The van der Waals surface area contributed by atoms with Crippen LogP contribution in [0, 0.1) is 0 Å². The summed E-state index contributed by atoms with van der Waals surface area (Å²) in [4.78, 5) is 2.63. The average molecular weight is 278 g/mol. The number of thioether (sulfide) groups is 1. The van der Waals surface area contributed by atoms with Crippen LogP contribution in [-0.2, 0) is 6.42 Å². The number of hydrogen-bond acceptors (Lipinski definition) is 3. The van der Waals surface area contributed by atoms with Crippen molar-refractivity contribution in [3.8, 4) is 0 Å². The maximum absolute atomic E-state index is 6.14. The van der Waals surface area contributed by atoms with Crippen molar-refractivity contribution in [1.29, 1.82) is 0 Å². The second-order valence-corrected chi connectivity index (χ2v) is 7.36. The van der Waals surface area contributed by atoms with Crippen LogP contribution in [0.3, 0.4) is 0 Å². The first-order chi connectivity index (χ1) is 9.07. The highest BCUT2D eigenvalue weighted by molar-refractivity contribution is 8.00. The Bertz CT molecular complexity index is 395. The van der Waals surface area contributed by atoms with Crippen LogP contribution >= 0.6 is 11.8 Å². The third kappa shape index (κ3) is 3.33. The lowest BCUT2D eigenvalue weighted by Crippen LogP contribution is -2.60. The topological polar surface area (TPSA) is 29.3 Å². The lowest BCUT2D eigenvalue weighted by atomic mass is 9.89. The molecule has 0 saturated carbocycles. The van der Waals surface area contributed by atoms with Crippen LogP contribution in [0.15, 0.2) is 30.3 Å². The molecule has 0 spiro atoms. The maximum Gasteiger partial charge on any atom is 0.0347 e. The fourth-order valence-electron chi connectivity index (χ4n) is 3.02. The third-order valence-corrected chi connectivity index (χ3v) is 5.78. The molecule has 1 aliphatic heterocycles. The zero-order valence-electron chi connectivity index (χ0n) is 12.3. The van der Waals surface area contributed by atoms with Gasteiger partial charge < -0.3 is 5.73 Å². The lowest BCUT2D eigenvalue weighted by Gasteiger charge is -2.49. The number of nitrogens with zero attached hydrogens (tertiary/aromatic N) is 1. The zero-order valence-corrected chi connectivity index (χ0v) is 13.1. The van der Waals surface area contributed by atoms with E-state index >= 15 is 0 Å². The minimum Gasteiger partial charge on any atom is -0.329 e. The van der Waals surface area contributed by atoms with Crippen molar-refractivity contribution in [3.63, 3.8) is 0 Å². The summed E-state index contributed by atoms with van der Waals surface area (Å²) >= 11 is 2.08. The van der Waals surface area contributed by atoms with Crippen molar-refractivity contribution in [2.75, 3.05) is 18.8 Å². The van der Waals surface area contributed by atoms with Gasteiger partial charge in [0, 0.05) is 35.7 Å². The molecule has 3 unspecified atom stereocenters. The van der Waals surface area contributed by atoms with Crippen LogP contribution in [0.1, 0.15) is 26.3 Å². The van der Waals surface area contributed by atoms with E-state index in [4.69, 9.17) is 5.73 Å². The van der Waals surface area contributed by atoms with E-state index in [1.165, 1.54) is 11.3 Å². The molecule has 1 fully saturated rings. The number of hydrogen-bond donors (Lipinski definition) is 1. The Morgan fingerprint density at radius 1 is 1.32 bits per heavy atom. The van der Waals surface area contributed by atoms with Gasteiger partial charge in [0.2, 0.25) is 0 Å². The molecule has 1 aromatic rings. The molecule has 1 saturated heterocycles. The fraction of sp³-hybridized carbons (Fsp3) is 0.625. The molecule has 0 bridgehead atoms. The summed E-state index contributed by atoms with van der Waals surface area (Å²) in [5.41, 5.74) is 7.59. The third-order valence-electron chi connectivity index (χ3n) is 4.44. The normalized spacial score (nSPS) is 28.0. The number of benzene rings is 1. The van der Waals surface area contributed by atoms with Gasteiger partial charge in [-0.25, -0.2) is 0 Å². The Kier molecular flexibility index (Phi) is 4.93. The summed E-state index contributed by atoms with van der Waals surface area (Å²) in [5, 5.41) is 0.690. The van der Waals surface area contributed by atoms with E-state index in [1.54, 1.807) is 0 Å². The summed E-state index contributed by atoms with van der Waals surface area (Å²) in [5.74, 6) is 1.22. The van der Waals surface area contributed by atoms with Crippen molar-refractivity contribution in [1.82, 2.24) is 4.90 Å². The average Bonchev–Trinajstić information content (AvgIpc) is 2.43. The molecule has 3 atom stereocenters. The molecule has 1 heterocycles. The van der Waals surface area contributed by atoms with Crippen LogP contribution in [0.4, 0.5) is 0 Å². The van der Waals surface area contributed by atoms with E-state index in [0.717, 1.165) is 13.0 Å². The highest BCUT2D eigenvalue weighted by atomic mass is 32.2. The molecule has 2 N–H and O–H groups in total. The predicted octanol–water partition coefficient (Wildman–Crippen LogP) is 2.77. The van der Waals surface area contributed by atoms with Crippen molar-refractivity contribution in [2.24, 2.45) is 5.73 Å². The van der Waals surface area contributed by atoms with Gasteiger partial charge in [0.25, 0.3) is 0 Å². The highest BCUT2D eigenvalue weighted by Crippen LogP contribution is 2.31. The second-order valence-electron chi connectivity index (χ2n) is 5.87. The smallest absolute Gasteiger partial charge is 0.0347 e. The van der Waals surface area contributed by atoms with Gasteiger partial charge in [-0.05, 0) is 25.8 Å². The number of nitrogens with two attached hydrogens (primary N) is 1. The van der Waals surface area contributed by atoms with E-state index in [0.29, 0.717) is 17.8 Å². The molecule has 0 aromatic heterocycles. The van der Waals surface area contributed by atoms with Gasteiger partial charge in [-0.2, -0.15) is 11.8 Å². The predicted molar refractivity (Wildman–Crippen MR) is 85.7 cm³/mol. The van der Waals surface area contributed by atoms with Gasteiger partial charge in [0.05, 0.1) is 0 Å². The molecule has 0 amide bonds. The van der Waals surface area contributed by atoms with Crippen LogP contribution < -0.4 is 5.73 Å². The lowest BCUT2D eigenvalue weighted by molar-refractivity contribution is 0.0714. The van der Waals surface area contributed by atoms with Crippen LogP contribution in [0.2, 0.25) is 0 Å². The van der Waals surface area contributed by atoms with Gasteiger partial charge in [0.15, 0.2) is 0 Å². The maximum atomic E-state index is 6.14. The molecule has 2 rings (SSSR count). The van der Waals surface area contributed by atoms with E-state index in [9.17, 15) is 0 Å². The summed E-state index contributed by atoms with van der Waals surface area (Å²) in [6, 6.07) is 11.3. The van der Waals surface area contributed by atoms with Crippen LogP contribution in [-0.4, -0.2) is 40.6 Å². The minimum absolute atomic E-state index is 0.0655. The Labute approximate surface area is 121 Å². The first-order valence-corrected chi connectivity index (χ1v) is 8.24. The van der Waals surface area contributed by atoms with Gasteiger partial charge in [-0.15, -0.1) is 0 Å². The first-order valence-electron chi connectivity index (χ1n) is 7.19. The summed E-state index contributed by atoms with van der Waals surface area (Å²) < 4.78 is 0. The van der Waals surface area contributed by atoms with E-state index in [2.05, 4.69) is 67.8 Å². The van der Waals surface area contributed by atoms with E-state index in [1.807, 2.05) is 0 Å². The van der Waals surface area contributed by atoms with Crippen LogP contribution in [0.5, 0.6) is 0 Å². The Balaban J connectivity index is 2.17. The summed E-state index contributed by atoms with van der Waals surface area (Å²) in [6.07, 6.45) is 1.03. The molecule has 19 heavy (non-hydrogen) atoms. The van der Waals surface area contributed by atoms with Crippen molar-refractivity contribution >= 4 is 11.8 Å². The van der Waals surface area contributed by atoms with Gasteiger partial charge in [-0.3, -0.25) is 4.90 Å². The summed E-state index contributed by atoms with van der Waals surface area (Å²) in [6.45, 7) is 8.86. The molecule has 3 heteroatoms. The number of rotatable bonds is 4. The minimum atomic E-state index is 0.0655. The van der Waals surface area contributed by atoms with Crippen molar-refractivity contribution < 1.29 is 0 Å². The van der Waals surface area contributed by atoms with Gasteiger partial charge in [-0.1, -0.05) is 37.3 Å². The first kappa shape index (κ1) is 14.9. The monoisotopic (exact) mass is 278 g/mol. The highest BCUT2D eigenvalue weighted by Gasteiger charge is 2.37. The molecule has 1 aromatic carbocycles. The molecule has 0 aliphatic carbocycles. The standard InChI is InChI=1S/C16H26N2S/c1-13-14(2)19-10-9-18(13)16(3,12-17)11-15-7-5-4-6-8-15/h4-8,13-14H,9-12,17H2,1-3H3. The Morgan fingerprint density at radius 3 is 2.63 bits per heavy atom. The molecule has 0 radical (unpaired) electrons. The molecule has 1 aliphatic rings. The van der Waals surface area contributed by atoms with Crippen LogP contribution in [0.25, 0.3) is 0 Å². The molecule has 2 nitrogen and oxygen atoms in total. The second kappa shape index (κ2) is 6.29. The van der Waals surface area contributed by atoms with Gasteiger partial charge in [0.1, 0.15) is 0 Å². The van der Waals surface area contributed by atoms with Crippen molar-refractivity contribution in [3.05, 3.63) is 35.9 Å². The fourth-order valence-corrected chi connectivity index (χ4v) is 4.12. The Morgan fingerprint density at radius 2 is 2.00 bits per heavy atom.